The maximum atomic E-state index is 14.4. The van der Waals surface area contributed by atoms with Crippen molar-refractivity contribution in [1.29, 1.82) is 0 Å². The molecule has 0 aliphatic carbocycles. The van der Waals surface area contributed by atoms with E-state index in [0.717, 1.165) is 38.1 Å². The first-order valence-corrected chi connectivity index (χ1v) is 11.7. The van der Waals surface area contributed by atoms with Crippen molar-refractivity contribution in [3.05, 3.63) is 88.7 Å². The monoisotopic (exact) mass is 484 g/mol. The number of aliphatic carboxylic acids is 1. The van der Waals surface area contributed by atoms with Crippen molar-refractivity contribution in [2.45, 2.75) is 38.6 Å². The largest absolute Gasteiger partial charge is 1.00 e. The van der Waals surface area contributed by atoms with E-state index < -0.39 is 11.8 Å². The third-order valence-corrected chi connectivity index (χ3v) is 6.42. The van der Waals surface area contributed by atoms with Crippen LogP contribution >= 0.6 is 0 Å². The maximum Gasteiger partial charge on any atom is 1.00 e. The van der Waals surface area contributed by atoms with Crippen LogP contribution in [-0.2, 0) is 30.6 Å². The van der Waals surface area contributed by atoms with E-state index >= 15 is 0 Å². The van der Waals surface area contributed by atoms with Gasteiger partial charge in [-0.1, -0.05) is 36.4 Å². The fourth-order valence-electron chi connectivity index (χ4n) is 4.63. The Morgan fingerprint density at radius 2 is 1.86 bits per heavy atom. The molecule has 3 aromatic carbocycles. The molecular weight excluding hydrogens is 454 g/mol. The number of nitrogens with zero attached hydrogens (tertiary/aromatic N) is 1. The number of rotatable bonds is 10. The molecule has 1 heterocycles. The quantitative estimate of drug-likeness (QED) is 0.437. The number of methoxy groups -OCH3 is 1. The van der Waals surface area contributed by atoms with Crippen molar-refractivity contribution < 1.29 is 48.6 Å². The zero-order valence-corrected chi connectivity index (χ0v) is 22.5. The average Bonchev–Trinajstić information content (AvgIpc) is 2.85. The maximum absolute atomic E-state index is 14.4. The Labute approximate surface area is 228 Å². The predicted octanol–water partition coefficient (Wildman–Crippen LogP) is 1.13. The van der Waals surface area contributed by atoms with Gasteiger partial charge in [0.05, 0.1) is 7.11 Å². The van der Waals surface area contributed by atoms with E-state index in [1.165, 1.54) is 28.4 Å². The van der Waals surface area contributed by atoms with E-state index in [2.05, 4.69) is 34.5 Å². The third kappa shape index (κ3) is 7.00. The van der Waals surface area contributed by atoms with Crippen LogP contribution in [0.2, 0.25) is 0 Å². The van der Waals surface area contributed by atoms with E-state index in [9.17, 15) is 14.3 Å². The Hall–Kier alpha value is -2.54. The number of hydrogen-bond acceptors (Lipinski definition) is 5. The van der Waals surface area contributed by atoms with Crippen LogP contribution in [0, 0.1) is 5.82 Å². The summed E-state index contributed by atoms with van der Waals surface area (Å²) in [6.07, 6.45) is 2.97. The molecule has 1 aliphatic heterocycles. The molecule has 0 bridgehead atoms. The Morgan fingerprint density at radius 3 is 2.63 bits per heavy atom. The van der Waals surface area contributed by atoms with Crippen LogP contribution in [-0.4, -0.2) is 26.2 Å². The predicted molar refractivity (Wildman–Crippen MR) is 131 cm³/mol. The smallest absolute Gasteiger partial charge is 0.550 e. The van der Waals surface area contributed by atoms with E-state index in [-0.39, 0.29) is 42.4 Å². The molecule has 178 valence electrons. The van der Waals surface area contributed by atoms with Gasteiger partial charge in [0.1, 0.15) is 11.6 Å². The second-order valence-electron chi connectivity index (χ2n) is 8.60. The van der Waals surface area contributed by atoms with Crippen LogP contribution < -0.4 is 49.6 Å². The van der Waals surface area contributed by atoms with E-state index in [1.54, 1.807) is 19.2 Å². The van der Waals surface area contributed by atoms with E-state index in [4.69, 9.17) is 4.74 Å². The van der Waals surface area contributed by atoms with Crippen LogP contribution in [0.5, 0.6) is 5.75 Å². The summed E-state index contributed by atoms with van der Waals surface area (Å²) in [5, 5.41) is 14.0. The molecular formula is C28H30FN2NaO3. The Morgan fingerprint density at radius 1 is 1.06 bits per heavy atom. The van der Waals surface area contributed by atoms with Crippen LogP contribution in [0.4, 0.5) is 15.8 Å². The summed E-state index contributed by atoms with van der Waals surface area (Å²) in [5.74, 6) is -0.646. The number of para-hydroxylation sites is 1. The first-order chi connectivity index (χ1) is 16.5. The molecule has 35 heavy (non-hydrogen) atoms. The number of hydrogen-bond donors (Lipinski definition) is 1. The van der Waals surface area contributed by atoms with Crippen molar-refractivity contribution in [2.75, 3.05) is 30.4 Å². The third-order valence-electron chi connectivity index (χ3n) is 6.42. The first kappa shape index (κ1) is 27.1. The molecule has 4 rings (SSSR count). The summed E-state index contributed by atoms with van der Waals surface area (Å²) >= 11 is 0. The second kappa shape index (κ2) is 13.0. The molecule has 1 aliphatic rings. The fraction of sp³-hybridized carbons (Fsp3) is 0.321. The van der Waals surface area contributed by atoms with Gasteiger partial charge in [-0.25, -0.2) is 4.39 Å². The number of aryl methyl sites for hydroxylation is 1. The first-order valence-electron chi connectivity index (χ1n) is 11.7. The number of halogens is 1. The fourth-order valence-corrected chi connectivity index (χ4v) is 4.63. The van der Waals surface area contributed by atoms with Gasteiger partial charge in [-0.05, 0) is 78.6 Å². The normalized spacial score (nSPS) is 12.5. The molecule has 0 unspecified atom stereocenters. The van der Waals surface area contributed by atoms with Gasteiger partial charge in [0.15, 0.2) is 0 Å². The molecule has 3 aromatic rings. The number of benzene rings is 3. The van der Waals surface area contributed by atoms with Gasteiger partial charge in [0.25, 0.3) is 0 Å². The molecule has 0 saturated heterocycles. The van der Waals surface area contributed by atoms with Gasteiger partial charge in [0, 0.05) is 37.0 Å². The van der Waals surface area contributed by atoms with Crippen LogP contribution in [0.25, 0.3) is 0 Å². The molecule has 7 heteroatoms. The van der Waals surface area contributed by atoms with Gasteiger partial charge in [-0.2, -0.15) is 0 Å². The number of carboxylic acid groups (broad SMARTS) is 1. The topological polar surface area (TPSA) is 64.6 Å². The van der Waals surface area contributed by atoms with Crippen LogP contribution in [0.3, 0.4) is 0 Å². The minimum absolute atomic E-state index is 0. The summed E-state index contributed by atoms with van der Waals surface area (Å²) < 4.78 is 19.9. The minimum Gasteiger partial charge on any atom is -0.550 e. The van der Waals surface area contributed by atoms with Crippen molar-refractivity contribution in [2.24, 2.45) is 0 Å². The average molecular weight is 485 g/mol. The van der Waals surface area contributed by atoms with Crippen molar-refractivity contribution in [1.82, 2.24) is 0 Å². The Balaban J connectivity index is 0.00000342. The summed E-state index contributed by atoms with van der Waals surface area (Å²) in [6.45, 7) is 2.54. The minimum atomic E-state index is -1.17. The van der Waals surface area contributed by atoms with Crippen molar-refractivity contribution in [3.63, 3.8) is 0 Å². The number of anilines is 2. The number of nitrogens with one attached hydrogen (secondary N) is 1. The number of carbonyl (C=O) groups excluding carboxylic acids is 1. The zero-order valence-electron chi connectivity index (χ0n) is 20.5. The SMILES string of the molecule is COc1ccccc1CCN1CCCc2c(CNc3ccc(CCC(=O)[O-])c(F)c3)cccc21.[Na+]. The summed E-state index contributed by atoms with van der Waals surface area (Å²) in [5.41, 5.74) is 6.09. The van der Waals surface area contributed by atoms with Gasteiger partial charge < -0.3 is 24.9 Å². The van der Waals surface area contributed by atoms with Gasteiger partial charge in [-0.15, -0.1) is 0 Å². The number of carbonyl (C=O) groups is 1. The molecule has 0 atom stereocenters. The molecule has 0 spiro atoms. The van der Waals surface area contributed by atoms with Crippen molar-refractivity contribution >= 4 is 17.3 Å². The van der Waals surface area contributed by atoms with Crippen LogP contribution in [0.15, 0.2) is 60.7 Å². The molecule has 0 saturated carbocycles. The second-order valence-corrected chi connectivity index (χ2v) is 8.60. The Bertz CT molecular complexity index is 1150. The number of fused-ring (bicyclic) bond motifs is 1. The van der Waals surface area contributed by atoms with Gasteiger partial charge in [0.2, 0.25) is 0 Å². The molecule has 0 aromatic heterocycles. The molecule has 0 radical (unpaired) electrons. The number of ether oxygens (including phenoxy) is 1. The van der Waals surface area contributed by atoms with E-state index in [1.807, 2.05) is 18.2 Å². The molecule has 0 fully saturated rings. The van der Waals surface area contributed by atoms with Crippen LogP contribution in [0.1, 0.15) is 35.1 Å². The van der Waals surface area contributed by atoms with E-state index in [0.29, 0.717) is 17.8 Å². The summed E-state index contributed by atoms with van der Waals surface area (Å²) in [7, 11) is 1.71. The Kier molecular flexibility index (Phi) is 10.0. The van der Waals surface area contributed by atoms with Gasteiger partial charge in [-0.3, -0.25) is 0 Å². The van der Waals surface area contributed by atoms with Crippen molar-refractivity contribution in [3.8, 4) is 5.75 Å². The van der Waals surface area contributed by atoms with Gasteiger partial charge >= 0.3 is 29.6 Å². The molecule has 5 nitrogen and oxygen atoms in total. The summed E-state index contributed by atoms with van der Waals surface area (Å²) in [6, 6.07) is 19.4. The zero-order chi connectivity index (χ0) is 23.9. The standard InChI is InChI=1S/C28H31FN2O3.Na/c1-34-27-10-3-2-6-21(27)15-17-31-16-5-8-24-22(7-4-9-26(24)31)19-30-23-13-11-20(25(29)18-23)12-14-28(32)33;/h2-4,6-7,9-11,13,18,30H,5,8,12,14-17,19H2,1H3,(H,32,33);/q;+1/p-1. The number of carboxylic acids is 1. The molecule has 0 amide bonds. The molecule has 1 N–H and O–H groups in total. The summed E-state index contributed by atoms with van der Waals surface area (Å²) in [4.78, 5) is 13.1.